The molecule has 1 fully saturated rings. The summed E-state index contributed by atoms with van der Waals surface area (Å²) in [6.07, 6.45) is 10.7. The van der Waals surface area contributed by atoms with Crippen LogP contribution in [0.25, 0.3) is 0 Å². The van der Waals surface area contributed by atoms with Crippen molar-refractivity contribution in [1.29, 1.82) is 0 Å². The number of aryl methyl sites for hydroxylation is 1. The third-order valence-electron chi connectivity index (χ3n) is 4.53. The molecule has 1 saturated carbocycles. The Kier molecular flexibility index (Phi) is 5.41. The molecule has 3 rings (SSSR count). The number of hydrogen-bond acceptors (Lipinski definition) is 4. The van der Waals surface area contributed by atoms with Crippen molar-refractivity contribution in [3.8, 4) is 0 Å². The fourth-order valence-electron chi connectivity index (χ4n) is 3.02. The van der Waals surface area contributed by atoms with E-state index in [1.807, 2.05) is 13.8 Å². The standard InChI is InChI=1S/C17H26N4OS/c1-12(16(22)18-11-10-14-6-4-3-5-7-14)23-17-20-19-13(2)21(17)15-8-9-15/h6,12,15H,3-5,7-11H2,1-2H3,(H,18,22)/t12-/m1/s1. The Hall–Kier alpha value is -1.30. The van der Waals surface area contributed by atoms with E-state index in [4.69, 9.17) is 0 Å². The van der Waals surface area contributed by atoms with Gasteiger partial charge in [-0.15, -0.1) is 10.2 Å². The number of rotatable bonds is 7. The van der Waals surface area contributed by atoms with Gasteiger partial charge >= 0.3 is 0 Å². The van der Waals surface area contributed by atoms with Crippen molar-refractivity contribution in [2.24, 2.45) is 0 Å². The van der Waals surface area contributed by atoms with Crippen molar-refractivity contribution in [2.45, 2.75) is 75.2 Å². The summed E-state index contributed by atoms with van der Waals surface area (Å²) in [6, 6.07) is 0.543. The van der Waals surface area contributed by atoms with E-state index < -0.39 is 0 Å². The maximum atomic E-state index is 12.3. The molecule has 1 atom stereocenters. The van der Waals surface area contributed by atoms with E-state index in [0.717, 1.165) is 23.9 Å². The highest BCUT2D eigenvalue weighted by atomic mass is 32.2. The number of aromatic nitrogens is 3. The van der Waals surface area contributed by atoms with E-state index in [9.17, 15) is 4.79 Å². The van der Waals surface area contributed by atoms with Crippen molar-refractivity contribution in [1.82, 2.24) is 20.1 Å². The van der Waals surface area contributed by atoms with E-state index in [1.54, 1.807) is 0 Å². The summed E-state index contributed by atoms with van der Waals surface area (Å²) in [5, 5.41) is 12.2. The molecular weight excluding hydrogens is 308 g/mol. The van der Waals surface area contributed by atoms with Gasteiger partial charge in [-0.3, -0.25) is 4.79 Å². The molecule has 5 nitrogen and oxygen atoms in total. The number of nitrogens with zero attached hydrogens (tertiary/aromatic N) is 3. The quantitative estimate of drug-likeness (QED) is 0.613. The van der Waals surface area contributed by atoms with Crippen molar-refractivity contribution >= 4 is 17.7 Å². The molecule has 1 heterocycles. The van der Waals surface area contributed by atoms with E-state index >= 15 is 0 Å². The lowest BCUT2D eigenvalue weighted by atomic mass is 9.97. The lowest BCUT2D eigenvalue weighted by Crippen LogP contribution is -2.32. The van der Waals surface area contributed by atoms with Crippen LogP contribution >= 0.6 is 11.8 Å². The predicted octanol–water partition coefficient (Wildman–Crippen LogP) is 3.41. The average Bonchev–Trinajstić information content (AvgIpc) is 3.32. The summed E-state index contributed by atoms with van der Waals surface area (Å²) >= 11 is 1.52. The molecule has 1 N–H and O–H groups in total. The maximum Gasteiger partial charge on any atom is 0.233 e. The highest BCUT2D eigenvalue weighted by Gasteiger charge is 2.29. The molecule has 1 amide bonds. The van der Waals surface area contributed by atoms with Crippen LogP contribution < -0.4 is 5.32 Å². The Balaban J connectivity index is 1.47. The van der Waals surface area contributed by atoms with Crippen LogP contribution in [-0.2, 0) is 4.79 Å². The van der Waals surface area contributed by atoms with E-state index in [2.05, 4.69) is 26.2 Å². The molecule has 0 radical (unpaired) electrons. The maximum absolute atomic E-state index is 12.3. The number of allylic oxidation sites excluding steroid dienone is 1. The summed E-state index contributed by atoms with van der Waals surface area (Å²) in [5.74, 6) is 1.04. The van der Waals surface area contributed by atoms with Gasteiger partial charge in [0.2, 0.25) is 5.91 Å². The molecule has 1 aromatic rings. The second kappa shape index (κ2) is 7.51. The largest absolute Gasteiger partial charge is 0.355 e. The molecule has 0 spiro atoms. The van der Waals surface area contributed by atoms with Crippen LogP contribution in [-0.4, -0.2) is 32.5 Å². The zero-order chi connectivity index (χ0) is 16.2. The van der Waals surface area contributed by atoms with Gasteiger partial charge in [-0.05, 0) is 58.8 Å². The SMILES string of the molecule is Cc1nnc(S[C@H](C)C(=O)NCCC2=CCCCC2)n1C1CC1. The molecule has 1 aromatic heterocycles. The van der Waals surface area contributed by atoms with Crippen LogP contribution in [0, 0.1) is 6.92 Å². The van der Waals surface area contributed by atoms with Gasteiger partial charge in [0.1, 0.15) is 5.82 Å². The molecule has 0 aromatic carbocycles. The number of thioether (sulfide) groups is 1. The molecule has 6 heteroatoms. The fraction of sp³-hybridized carbons (Fsp3) is 0.706. The third kappa shape index (κ3) is 4.37. The summed E-state index contributed by atoms with van der Waals surface area (Å²) in [4.78, 5) is 12.3. The number of carbonyl (C=O) groups excluding carboxylic acids is 1. The minimum absolute atomic E-state index is 0.0920. The Labute approximate surface area is 142 Å². The first-order valence-electron chi connectivity index (χ1n) is 8.69. The van der Waals surface area contributed by atoms with Gasteiger partial charge < -0.3 is 9.88 Å². The monoisotopic (exact) mass is 334 g/mol. The molecule has 2 aliphatic rings. The number of amides is 1. The Morgan fingerprint density at radius 3 is 2.96 bits per heavy atom. The van der Waals surface area contributed by atoms with Gasteiger partial charge in [-0.2, -0.15) is 0 Å². The van der Waals surface area contributed by atoms with Crippen molar-refractivity contribution in [3.05, 3.63) is 17.5 Å². The molecule has 0 aliphatic heterocycles. The first-order chi connectivity index (χ1) is 11.1. The van der Waals surface area contributed by atoms with Crippen molar-refractivity contribution < 1.29 is 4.79 Å². The lowest BCUT2D eigenvalue weighted by Gasteiger charge is -2.15. The van der Waals surface area contributed by atoms with Crippen LogP contribution in [0.2, 0.25) is 0 Å². The van der Waals surface area contributed by atoms with Gasteiger partial charge in [-0.1, -0.05) is 23.4 Å². The van der Waals surface area contributed by atoms with Gasteiger partial charge in [-0.25, -0.2) is 0 Å². The zero-order valence-corrected chi connectivity index (χ0v) is 14.9. The second-order valence-corrected chi connectivity index (χ2v) is 7.85. The van der Waals surface area contributed by atoms with E-state index in [1.165, 1.54) is 55.9 Å². The molecule has 126 valence electrons. The minimum atomic E-state index is -0.142. The normalized spacial score (nSPS) is 19.3. The van der Waals surface area contributed by atoms with Gasteiger partial charge in [0.15, 0.2) is 5.16 Å². The molecule has 0 unspecified atom stereocenters. The molecule has 0 bridgehead atoms. The van der Waals surface area contributed by atoms with Crippen LogP contribution in [0.5, 0.6) is 0 Å². The molecule has 2 aliphatic carbocycles. The van der Waals surface area contributed by atoms with Gasteiger partial charge in [0, 0.05) is 12.6 Å². The first-order valence-corrected chi connectivity index (χ1v) is 9.57. The Bertz CT molecular complexity index is 591. The number of carbonyl (C=O) groups is 1. The van der Waals surface area contributed by atoms with Crippen molar-refractivity contribution in [3.63, 3.8) is 0 Å². The van der Waals surface area contributed by atoms with E-state index in [0.29, 0.717) is 6.04 Å². The van der Waals surface area contributed by atoms with Crippen LogP contribution in [0.4, 0.5) is 0 Å². The number of hydrogen-bond donors (Lipinski definition) is 1. The topological polar surface area (TPSA) is 59.8 Å². The minimum Gasteiger partial charge on any atom is -0.355 e. The molecule has 23 heavy (non-hydrogen) atoms. The smallest absolute Gasteiger partial charge is 0.233 e. The van der Waals surface area contributed by atoms with Gasteiger partial charge in [0.25, 0.3) is 0 Å². The summed E-state index contributed by atoms with van der Waals surface area (Å²) in [5.41, 5.74) is 1.50. The highest BCUT2D eigenvalue weighted by Crippen LogP contribution is 2.39. The molecule has 0 saturated heterocycles. The summed E-state index contributed by atoms with van der Waals surface area (Å²) in [6.45, 7) is 4.67. The van der Waals surface area contributed by atoms with E-state index in [-0.39, 0.29) is 11.2 Å². The molecular formula is C17H26N4OS. The Morgan fingerprint density at radius 2 is 2.26 bits per heavy atom. The second-order valence-electron chi connectivity index (χ2n) is 6.54. The zero-order valence-electron chi connectivity index (χ0n) is 14.0. The van der Waals surface area contributed by atoms with Crippen LogP contribution in [0.1, 0.15) is 63.7 Å². The fourth-order valence-corrected chi connectivity index (χ4v) is 4.01. The predicted molar refractivity (Wildman–Crippen MR) is 92.5 cm³/mol. The van der Waals surface area contributed by atoms with Gasteiger partial charge in [0.05, 0.1) is 5.25 Å². The third-order valence-corrected chi connectivity index (χ3v) is 5.59. The van der Waals surface area contributed by atoms with Crippen LogP contribution in [0.15, 0.2) is 16.8 Å². The number of nitrogens with one attached hydrogen (secondary N) is 1. The summed E-state index contributed by atoms with van der Waals surface area (Å²) in [7, 11) is 0. The first kappa shape index (κ1) is 16.6. The summed E-state index contributed by atoms with van der Waals surface area (Å²) < 4.78 is 2.18. The lowest BCUT2D eigenvalue weighted by molar-refractivity contribution is -0.120. The Morgan fingerprint density at radius 1 is 1.43 bits per heavy atom. The van der Waals surface area contributed by atoms with Crippen LogP contribution in [0.3, 0.4) is 0 Å². The highest BCUT2D eigenvalue weighted by molar-refractivity contribution is 8.00. The van der Waals surface area contributed by atoms with Crippen molar-refractivity contribution in [2.75, 3.05) is 6.54 Å². The average molecular weight is 334 g/mol.